The Bertz CT molecular complexity index is 1340. The molecule has 0 aliphatic heterocycles. The minimum Gasteiger partial charge on any atom is -0.453 e. The van der Waals surface area contributed by atoms with Gasteiger partial charge in [0.2, 0.25) is 11.8 Å². The van der Waals surface area contributed by atoms with E-state index < -0.39 is 5.82 Å². The van der Waals surface area contributed by atoms with Crippen molar-refractivity contribution in [3.63, 3.8) is 0 Å². The van der Waals surface area contributed by atoms with Crippen LogP contribution < -0.4 is 10.5 Å². The number of nitriles is 1. The van der Waals surface area contributed by atoms with Crippen LogP contribution in [0.2, 0.25) is 10.0 Å². The summed E-state index contributed by atoms with van der Waals surface area (Å²) in [6.45, 7) is 1.88. The number of benzene rings is 3. The molecule has 2 N–H and O–H groups in total. The Labute approximate surface area is 193 Å². The average Bonchev–Trinajstić information content (AvgIpc) is 3.20. The molecule has 9 heteroatoms. The molecule has 32 heavy (non-hydrogen) atoms. The van der Waals surface area contributed by atoms with Crippen molar-refractivity contribution >= 4 is 28.9 Å². The number of halogens is 3. The number of hydrogen-bond donors (Lipinski definition) is 1. The normalized spacial score (nSPS) is 10.7. The highest BCUT2D eigenvalue weighted by atomic mass is 35.5. The van der Waals surface area contributed by atoms with Crippen molar-refractivity contribution in [1.29, 1.82) is 5.26 Å². The average molecular weight is 469 g/mol. The van der Waals surface area contributed by atoms with E-state index in [4.69, 9.17) is 43.4 Å². The number of nitrogens with zero attached hydrogens (tertiary/aromatic N) is 3. The highest BCUT2D eigenvalue weighted by Gasteiger charge is 2.19. The van der Waals surface area contributed by atoms with Gasteiger partial charge in [-0.2, -0.15) is 5.26 Å². The molecular weight excluding hydrogens is 454 g/mol. The van der Waals surface area contributed by atoms with E-state index in [0.29, 0.717) is 11.3 Å². The molecule has 6 nitrogen and oxygen atoms in total. The van der Waals surface area contributed by atoms with Gasteiger partial charge in [0.1, 0.15) is 5.75 Å². The van der Waals surface area contributed by atoms with Gasteiger partial charge in [-0.05, 0) is 42.8 Å². The van der Waals surface area contributed by atoms with Crippen molar-refractivity contribution in [2.75, 3.05) is 5.73 Å². The summed E-state index contributed by atoms with van der Waals surface area (Å²) in [5, 5.41) is 17.5. The zero-order valence-corrected chi connectivity index (χ0v) is 18.2. The molecule has 4 aromatic rings. The summed E-state index contributed by atoms with van der Waals surface area (Å²) >= 11 is 12.2. The van der Waals surface area contributed by atoms with Gasteiger partial charge in [-0.25, -0.2) is 4.39 Å². The van der Waals surface area contributed by atoms with Crippen molar-refractivity contribution in [3.8, 4) is 29.0 Å². The quantitative estimate of drug-likeness (QED) is 0.343. The topological polar surface area (TPSA) is 98.0 Å². The molecule has 0 saturated carbocycles. The minimum atomic E-state index is -0.689. The van der Waals surface area contributed by atoms with Gasteiger partial charge in [-0.3, -0.25) is 0 Å². The fourth-order valence-electron chi connectivity index (χ4n) is 3.18. The second kappa shape index (κ2) is 8.87. The number of nitrogen functional groups attached to an aromatic ring is 1. The molecule has 1 heterocycles. The van der Waals surface area contributed by atoms with Gasteiger partial charge in [0.25, 0.3) is 0 Å². The maximum Gasteiger partial charge on any atom is 0.250 e. The van der Waals surface area contributed by atoms with Gasteiger partial charge in [-0.15, -0.1) is 10.2 Å². The first-order chi connectivity index (χ1) is 15.4. The maximum absolute atomic E-state index is 15.2. The maximum atomic E-state index is 15.2. The van der Waals surface area contributed by atoms with Crippen molar-refractivity contribution in [2.24, 2.45) is 0 Å². The fourth-order valence-corrected chi connectivity index (χ4v) is 3.59. The molecule has 0 saturated heterocycles. The van der Waals surface area contributed by atoms with Crippen LogP contribution in [0.25, 0.3) is 11.5 Å². The molecule has 0 amide bonds. The number of anilines is 1. The van der Waals surface area contributed by atoms with Crippen LogP contribution in [0.1, 0.15) is 22.6 Å². The van der Waals surface area contributed by atoms with E-state index in [0.717, 1.165) is 5.56 Å². The van der Waals surface area contributed by atoms with Crippen molar-refractivity contribution in [2.45, 2.75) is 13.3 Å². The molecule has 0 radical (unpaired) electrons. The SMILES string of the molecule is Cc1cccc(N)c1-c1nnc(Cc2ccc(Cl)c(Oc3cc(Cl)cc(C#N)c3)c2F)o1. The van der Waals surface area contributed by atoms with Crippen LogP contribution in [0.4, 0.5) is 10.1 Å². The largest absolute Gasteiger partial charge is 0.453 e. The molecule has 1 aromatic heterocycles. The Kier molecular flexibility index (Phi) is 5.99. The molecule has 160 valence electrons. The third-order valence-electron chi connectivity index (χ3n) is 4.68. The molecular formula is C23H15Cl2FN4O2. The summed E-state index contributed by atoms with van der Waals surface area (Å²) in [6, 6.07) is 14.8. The van der Waals surface area contributed by atoms with Gasteiger partial charge in [0.05, 0.1) is 28.6 Å². The van der Waals surface area contributed by atoms with Crippen molar-refractivity contribution in [1.82, 2.24) is 10.2 Å². The van der Waals surface area contributed by atoms with E-state index in [1.165, 1.54) is 30.3 Å². The molecule has 3 aromatic carbocycles. The number of hydrogen-bond acceptors (Lipinski definition) is 6. The van der Waals surface area contributed by atoms with E-state index in [2.05, 4.69) is 10.2 Å². The molecule has 0 unspecified atom stereocenters. The summed E-state index contributed by atoms with van der Waals surface area (Å²) in [5.41, 5.74) is 8.57. The number of aryl methyl sites for hydroxylation is 1. The number of ether oxygens (including phenoxy) is 1. The van der Waals surface area contributed by atoms with E-state index in [9.17, 15) is 0 Å². The first kappa shape index (κ1) is 21.6. The van der Waals surface area contributed by atoms with Crippen LogP contribution in [-0.2, 0) is 6.42 Å². The number of nitrogens with two attached hydrogens (primary N) is 1. The third kappa shape index (κ3) is 4.37. The zero-order chi connectivity index (χ0) is 22.8. The zero-order valence-electron chi connectivity index (χ0n) is 16.7. The Morgan fingerprint density at radius 3 is 2.72 bits per heavy atom. The Morgan fingerprint density at radius 1 is 1.16 bits per heavy atom. The lowest BCUT2D eigenvalue weighted by atomic mass is 10.1. The summed E-state index contributed by atoms with van der Waals surface area (Å²) in [7, 11) is 0. The van der Waals surface area contributed by atoms with Crippen LogP contribution in [-0.4, -0.2) is 10.2 Å². The van der Waals surface area contributed by atoms with E-state index in [-0.39, 0.29) is 50.9 Å². The standard InChI is InChI=1S/C23H15Cl2FN4O2/c1-12-3-2-4-18(28)20(12)23-30-29-19(32-23)9-14-5-6-17(25)22(21(14)26)31-16-8-13(11-27)7-15(24)10-16/h2-8,10H,9,28H2,1H3. The lowest BCUT2D eigenvalue weighted by Gasteiger charge is -2.12. The van der Waals surface area contributed by atoms with Crippen LogP contribution in [0.3, 0.4) is 0 Å². The van der Waals surface area contributed by atoms with Crippen LogP contribution in [0.15, 0.2) is 52.9 Å². The Hall–Kier alpha value is -3.60. The monoisotopic (exact) mass is 468 g/mol. The summed E-state index contributed by atoms with van der Waals surface area (Å²) in [4.78, 5) is 0. The second-order valence-corrected chi connectivity index (χ2v) is 7.80. The predicted molar refractivity (Wildman–Crippen MR) is 119 cm³/mol. The van der Waals surface area contributed by atoms with Gasteiger partial charge < -0.3 is 14.9 Å². The first-order valence-electron chi connectivity index (χ1n) is 9.39. The highest BCUT2D eigenvalue weighted by Crippen LogP contribution is 2.36. The van der Waals surface area contributed by atoms with Crippen LogP contribution >= 0.6 is 23.2 Å². The number of rotatable bonds is 5. The molecule has 0 aliphatic carbocycles. The van der Waals surface area contributed by atoms with Crippen molar-refractivity contribution < 1.29 is 13.5 Å². The second-order valence-electron chi connectivity index (χ2n) is 6.96. The molecule has 0 spiro atoms. The summed E-state index contributed by atoms with van der Waals surface area (Å²) in [5.74, 6) is -0.250. The van der Waals surface area contributed by atoms with E-state index in [1.54, 1.807) is 6.07 Å². The third-order valence-corrected chi connectivity index (χ3v) is 5.19. The Morgan fingerprint density at radius 2 is 1.97 bits per heavy atom. The molecule has 0 atom stereocenters. The lowest BCUT2D eigenvalue weighted by Crippen LogP contribution is -1.98. The van der Waals surface area contributed by atoms with Gasteiger partial charge >= 0.3 is 0 Å². The van der Waals surface area contributed by atoms with Crippen LogP contribution in [0, 0.1) is 24.1 Å². The Balaban J connectivity index is 1.63. The van der Waals surface area contributed by atoms with E-state index >= 15 is 4.39 Å². The van der Waals surface area contributed by atoms with Gasteiger partial charge in [-0.1, -0.05) is 41.4 Å². The van der Waals surface area contributed by atoms with Gasteiger partial charge in [0.15, 0.2) is 11.6 Å². The molecule has 4 rings (SSSR count). The van der Waals surface area contributed by atoms with Crippen molar-refractivity contribution in [3.05, 3.63) is 87.0 Å². The van der Waals surface area contributed by atoms with Gasteiger partial charge in [0, 0.05) is 16.3 Å². The smallest absolute Gasteiger partial charge is 0.250 e. The number of aromatic nitrogens is 2. The molecule has 0 bridgehead atoms. The highest BCUT2D eigenvalue weighted by molar-refractivity contribution is 6.32. The first-order valence-corrected chi connectivity index (χ1v) is 10.1. The lowest BCUT2D eigenvalue weighted by molar-refractivity contribution is 0.437. The summed E-state index contributed by atoms with van der Waals surface area (Å²) < 4.78 is 26.6. The summed E-state index contributed by atoms with van der Waals surface area (Å²) in [6.07, 6.45) is 0.0111. The molecule has 0 fully saturated rings. The fraction of sp³-hybridized carbons (Fsp3) is 0.0870. The minimum absolute atomic E-state index is 0.0111. The van der Waals surface area contributed by atoms with E-state index in [1.807, 2.05) is 25.1 Å². The molecule has 0 aliphatic rings. The predicted octanol–water partition coefficient (Wildman–Crippen LogP) is 6.33. The van der Waals surface area contributed by atoms with Crippen LogP contribution in [0.5, 0.6) is 11.5 Å².